The Hall–Kier alpha value is -2.82. The quantitative estimate of drug-likeness (QED) is 0.582. The van der Waals surface area contributed by atoms with Crippen molar-refractivity contribution in [1.82, 2.24) is 0 Å². The zero-order valence-electron chi connectivity index (χ0n) is 14.4. The molecule has 6 heteroatoms. The van der Waals surface area contributed by atoms with Gasteiger partial charge in [0.25, 0.3) is 11.8 Å². The zero-order valence-corrected chi connectivity index (χ0v) is 15.9. The van der Waals surface area contributed by atoms with Gasteiger partial charge in [-0.25, -0.2) is 0 Å². The Kier molecular flexibility index (Phi) is 5.79. The minimum atomic E-state index is -0.336. The number of nitrogens with one attached hydrogen (secondary N) is 2. The van der Waals surface area contributed by atoms with E-state index in [9.17, 15) is 9.59 Å². The highest BCUT2D eigenvalue weighted by molar-refractivity contribution is 6.37. The Morgan fingerprint density at radius 2 is 1.56 bits per heavy atom. The van der Waals surface area contributed by atoms with Crippen molar-refractivity contribution < 1.29 is 9.59 Å². The first-order chi connectivity index (χ1) is 12.9. The lowest BCUT2D eigenvalue weighted by Crippen LogP contribution is -2.14. The lowest BCUT2D eigenvalue weighted by atomic mass is 10.1. The topological polar surface area (TPSA) is 58.2 Å². The van der Waals surface area contributed by atoms with E-state index in [-0.39, 0.29) is 16.8 Å². The van der Waals surface area contributed by atoms with Crippen molar-refractivity contribution in [2.24, 2.45) is 0 Å². The van der Waals surface area contributed by atoms with Crippen molar-refractivity contribution in [3.8, 4) is 0 Å². The fourth-order valence-electron chi connectivity index (χ4n) is 2.54. The standard InChI is InChI=1S/C21H16Cl2N2O2/c1-13-11-16(24-21(27)17-9-7-15(22)12-18(17)23)8-10-19(13)25-20(26)14-5-3-2-4-6-14/h2-12H,1H3,(H,24,27)(H,25,26). The Balaban J connectivity index is 1.73. The summed E-state index contributed by atoms with van der Waals surface area (Å²) in [5.74, 6) is -0.527. The first kappa shape index (κ1) is 19.0. The first-order valence-corrected chi connectivity index (χ1v) is 8.93. The van der Waals surface area contributed by atoms with Crippen molar-refractivity contribution in [2.75, 3.05) is 10.6 Å². The second-order valence-electron chi connectivity index (χ2n) is 5.93. The van der Waals surface area contributed by atoms with Crippen LogP contribution in [0.5, 0.6) is 0 Å². The summed E-state index contributed by atoms with van der Waals surface area (Å²) in [5, 5.41) is 6.40. The maximum Gasteiger partial charge on any atom is 0.257 e. The summed E-state index contributed by atoms with van der Waals surface area (Å²) in [6.45, 7) is 1.85. The van der Waals surface area contributed by atoms with Crippen molar-refractivity contribution in [3.63, 3.8) is 0 Å². The maximum atomic E-state index is 12.4. The van der Waals surface area contributed by atoms with E-state index in [1.807, 2.05) is 25.1 Å². The molecule has 0 saturated carbocycles. The molecule has 0 aliphatic heterocycles. The van der Waals surface area contributed by atoms with Gasteiger partial charge in [0.15, 0.2) is 0 Å². The highest BCUT2D eigenvalue weighted by atomic mass is 35.5. The van der Waals surface area contributed by atoms with Crippen LogP contribution in [0.25, 0.3) is 0 Å². The second-order valence-corrected chi connectivity index (χ2v) is 6.77. The number of benzene rings is 3. The molecular formula is C21H16Cl2N2O2. The van der Waals surface area contributed by atoms with Crippen LogP contribution in [-0.2, 0) is 0 Å². The average molecular weight is 399 g/mol. The van der Waals surface area contributed by atoms with Crippen LogP contribution in [0.2, 0.25) is 10.0 Å². The van der Waals surface area contributed by atoms with E-state index in [4.69, 9.17) is 23.2 Å². The molecule has 0 heterocycles. The summed E-state index contributed by atoms with van der Waals surface area (Å²) in [6.07, 6.45) is 0. The van der Waals surface area contributed by atoms with Crippen LogP contribution in [0, 0.1) is 6.92 Å². The van der Waals surface area contributed by atoms with E-state index in [0.717, 1.165) is 5.56 Å². The summed E-state index contributed by atoms with van der Waals surface area (Å²) in [5.41, 5.74) is 3.00. The molecule has 136 valence electrons. The first-order valence-electron chi connectivity index (χ1n) is 8.17. The third kappa shape index (κ3) is 4.67. The smallest absolute Gasteiger partial charge is 0.257 e. The van der Waals surface area contributed by atoms with E-state index in [1.54, 1.807) is 42.5 Å². The van der Waals surface area contributed by atoms with Gasteiger partial charge >= 0.3 is 0 Å². The molecule has 2 N–H and O–H groups in total. The van der Waals surface area contributed by atoms with Gasteiger partial charge < -0.3 is 10.6 Å². The molecule has 0 bridgehead atoms. The minimum Gasteiger partial charge on any atom is -0.322 e. The SMILES string of the molecule is Cc1cc(NC(=O)c2ccc(Cl)cc2Cl)ccc1NC(=O)c1ccccc1. The van der Waals surface area contributed by atoms with Crippen LogP contribution in [0.3, 0.4) is 0 Å². The van der Waals surface area contributed by atoms with E-state index in [0.29, 0.717) is 27.5 Å². The molecule has 0 atom stereocenters. The van der Waals surface area contributed by atoms with Crippen LogP contribution in [0.4, 0.5) is 11.4 Å². The monoisotopic (exact) mass is 398 g/mol. The molecule has 4 nitrogen and oxygen atoms in total. The second kappa shape index (κ2) is 8.25. The van der Waals surface area contributed by atoms with Gasteiger partial charge in [-0.3, -0.25) is 9.59 Å². The molecule has 0 aliphatic carbocycles. The van der Waals surface area contributed by atoms with Gasteiger partial charge in [0.05, 0.1) is 10.6 Å². The van der Waals surface area contributed by atoms with Crippen molar-refractivity contribution in [2.45, 2.75) is 6.92 Å². The van der Waals surface area contributed by atoms with Crippen LogP contribution < -0.4 is 10.6 Å². The molecule has 2 amide bonds. The number of amides is 2. The molecular weight excluding hydrogens is 383 g/mol. The third-order valence-electron chi connectivity index (χ3n) is 3.94. The summed E-state index contributed by atoms with van der Waals surface area (Å²) in [4.78, 5) is 24.7. The van der Waals surface area contributed by atoms with Crippen LogP contribution in [0.15, 0.2) is 66.7 Å². The number of aryl methyl sites for hydroxylation is 1. The number of hydrogen-bond acceptors (Lipinski definition) is 2. The third-order valence-corrected chi connectivity index (χ3v) is 4.49. The molecule has 27 heavy (non-hydrogen) atoms. The molecule has 0 saturated heterocycles. The number of anilines is 2. The predicted molar refractivity (Wildman–Crippen MR) is 110 cm³/mol. The van der Waals surface area contributed by atoms with Gasteiger partial charge in [-0.05, 0) is 61.0 Å². The lowest BCUT2D eigenvalue weighted by Gasteiger charge is -2.12. The Labute approximate surface area is 167 Å². The Morgan fingerprint density at radius 1 is 0.815 bits per heavy atom. The van der Waals surface area contributed by atoms with Crippen LogP contribution in [0.1, 0.15) is 26.3 Å². The molecule has 0 radical (unpaired) electrons. The van der Waals surface area contributed by atoms with E-state index < -0.39 is 0 Å². The Morgan fingerprint density at radius 3 is 2.22 bits per heavy atom. The maximum absolute atomic E-state index is 12.4. The van der Waals surface area contributed by atoms with Crippen molar-refractivity contribution in [3.05, 3.63) is 93.5 Å². The number of rotatable bonds is 4. The van der Waals surface area contributed by atoms with Gasteiger partial charge in [-0.15, -0.1) is 0 Å². The van der Waals surface area contributed by atoms with E-state index in [2.05, 4.69) is 10.6 Å². The Bertz CT molecular complexity index is 1000. The van der Waals surface area contributed by atoms with E-state index >= 15 is 0 Å². The number of halogens is 2. The summed E-state index contributed by atoms with van der Waals surface area (Å²) in [6, 6.07) is 18.9. The van der Waals surface area contributed by atoms with Gasteiger partial charge in [-0.1, -0.05) is 41.4 Å². The molecule has 0 spiro atoms. The summed E-state index contributed by atoms with van der Waals surface area (Å²) >= 11 is 11.9. The largest absolute Gasteiger partial charge is 0.322 e. The predicted octanol–water partition coefficient (Wildman–Crippen LogP) is 5.81. The normalized spacial score (nSPS) is 10.3. The molecule has 0 fully saturated rings. The van der Waals surface area contributed by atoms with Gasteiger partial charge in [0, 0.05) is 22.0 Å². The van der Waals surface area contributed by atoms with E-state index in [1.165, 1.54) is 6.07 Å². The molecule has 0 aliphatic rings. The minimum absolute atomic E-state index is 0.191. The average Bonchev–Trinajstić information content (AvgIpc) is 2.64. The highest BCUT2D eigenvalue weighted by Gasteiger charge is 2.12. The fourth-order valence-corrected chi connectivity index (χ4v) is 3.03. The molecule has 3 rings (SSSR count). The van der Waals surface area contributed by atoms with Gasteiger partial charge in [0.2, 0.25) is 0 Å². The molecule has 3 aromatic rings. The number of hydrogen-bond donors (Lipinski definition) is 2. The van der Waals surface area contributed by atoms with Crippen molar-refractivity contribution in [1.29, 1.82) is 0 Å². The van der Waals surface area contributed by atoms with Crippen LogP contribution in [-0.4, -0.2) is 11.8 Å². The van der Waals surface area contributed by atoms with Gasteiger partial charge in [0.1, 0.15) is 0 Å². The molecule has 0 aromatic heterocycles. The van der Waals surface area contributed by atoms with Gasteiger partial charge in [-0.2, -0.15) is 0 Å². The van der Waals surface area contributed by atoms with Crippen molar-refractivity contribution >= 4 is 46.4 Å². The summed E-state index contributed by atoms with van der Waals surface area (Å²) < 4.78 is 0. The number of carbonyl (C=O) groups excluding carboxylic acids is 2. The lowest BCUT2D eigenvalue weighted by molar-refractivity contribution is 0.101. The summed E-state index contributed by atoms with van der Waals surface area (Å²) in [7, 11) is 0. The fraction of sp³-hybridized carbons (Fsp3) is 0.0476. The molecule has 0 unspecified atom stereocenters. The highest BCUT2D eigenvalue weighted by Crippen LogP contribution is 2.24. The zero-order chi connectivity index (χ0) is 19.4. The number of carbonyl (C=O) groups is 2. The molecule has 3 aromatic carbocycles. The van der Waals surface area contributed by atoms with Crippen LogP contribution >= 0.6 is 23.2 Å².